The van der Waals surface area contributed by atoms with Crippen molar-refractivity contribution >= 4 is 5.97 Å². The maximum Gasteiger partial charge on any atom is 0.328 e. The molecule has 2 unspecified atom stereocenters. The van der Waals surface area contributed by atoms with E-state index in [1.54, 1.807) is 0 Å². The van der Waals surface area contributed by atoms with E-state index < -0.39 is 5.54 Å². The van der Waals surface area contributed by atoms with Gasteiger partial charge >= 0.3 is 5.97 Å². The summed E-state index contributed by atoms with van der Waals surface area (Å²) in [5.74, 6) is 0.453. The lowest BCUT2D eigenvalue weighted by molar-refractivity contribution is -0.151. The Bertz CT molecular complexity index is 263. The van der Waals surface area contributed by atoms with Crippen molar-refractivity contribution in [2.24, 2.45) is 17.6 Å². The molecule has 1 fully saturated rings. The second kappa shape index (κ2) is 5.83. The molecule has 0 aromatic carbocycles. The number of carbonyl (C=O) groups is 1. The molecule has 0 saturated heterocycles. The molecule has 1 rings (SSSR count). The number of hydrogen-bond donors (Lipinski definition) is 1. The number of hydrogen-bond acceptors (Lipinski definition) is 4. The van der Waals surface area contributed by atoms with Gasteiger partial charge in [-0.1, -0.05) is 13.8 Å². The average Bonchev–Trinajstić information content (AvgIpc) is 3.07. The molecule has 1 saturated carbocycles. The molecule has 1 aliphatic rings. The highest BCUT2D eigenvalue weighted by Crippen LogP contribution is 2.39. The van der Waals surface area contributed by atoms with Gasteiger partial charge < -0.3 is 15.2 Å². The molecular formula is C13H25NO3. The Morgan fingerprint density at radius 2 is 2.00 bits per heavy atom. The minimum Gasteiger partial charge on any atom is -0.468 e. The van der Waals surface area contributed by atoms with Gasteiger partial charge in [-0.05, 0) is 38.0 Å². The first kappa shape index (κ1) is 14.5. The van der Waals surface area contributed by atoms with Crippen molar-refractivity contribution in [1.82, 2.24) is 0 Å². The van der Waals surface area contributed by atoms with Crippen molar-refractivity contribution in [3.8, 4) is 0 Å². The van der Waals surface area contributed by atoms with Crippen LogP contribution < -0.4 is 5.73 Å². The number of ether oxygens (including phenoxy) is 2. The Labute approximate surface area is 104 Å². The van der Waals surface area contributed by atoms with Gasteiger partial charge in [-0.2, -0.15) is 0 Å². The Balaban J connectivity index is 2.47. The van der Waals surface area contributed by atoms with E-state index in [1.165, 1.54) is 7.11 Å². The third-order valence-electron chi connectivity index (χ3n) is 3.28. The molecule has 0 aliphatic heterocycles. The molecule has 1 aliphatic carbocycles. The van der Waals surface area contributed by atoms with Crippen molar-refractivity contribution in [3.05, 3.63) is 0 Å². The van der Waals surface area contributed by atoms with E-state index >= 15 is 0 Å². The van der Waals surface area contributed by atoms with Gasteiger partial charge in [0, 0.05) is 0 Å². The smallest absolute Gasteiger partial charge is 0.328 e. The maximum atomic E-state index is 11.7. The third-order valence-corrected chi connectivity index (χ3v) is 3.28. The SMILES string of the molecule is COC(=O)C(N)(COC(C)CC(C)C)C1CC1. The van der Waals surface area contributed by atoms with Gasteiger partial charge in [0.1, 0.15) is 5.54 Å². The van der Waals surface area contributed by atoms with Gasteiger partial charge in [0.05, 0.1) is 19.8 Å². The van der Waals surface area contributed by atoms with E-state index in [1.807, 2.05) is 6.92 Å². The van der Waals surface area contributed by atoms with Crippen LogP contribution in [0.25, 0.3) is 0 Å². The fourth-order valence-corrected chi connectivity index (χ4v) is 2.14. The molecule has 0 radical (unpaired) electrons. The van der Waals surface area contributed by atoms with Crippen LogP contribution >= 0.6 is 0 Å². The van der Waals surface area contributed by atoms with Crippen LogP contribution in [-0.4, -0.2) is 31.3 Å². The molecule has 0 aromatic heterocycles. The topological polar surface area (TPSA) is 61.5 Å². The monoisotopic (exact) mass is 243 g/mol. The summed E-state index contributed by atoms with van der Waals surface area (Å²) in [7, 11) is 1.38. The predicted octanol–water partition coefficient (Wildman–Crippen LogP) is 1.72. The van der Waals surface area contributed by atoms with E-state index in [0.29, 0.717) is 5.92 Å². The standard InChI is InChI=1S/C13H25NO3/c1-9(2)7-10(3)17-8-13(14,11-5-6-11)12(15)16-4/h9-11H,5-8,14H2,1-4H3. The molecule has 2 atom stereocenters. The van der Waals surface area contributed by atoms with Crippen LogP contribution in [0, 0.1) is 11.8 Å². The van der Waals surface area contributed by atoms with Crippen LogP contribution in [0.5, 0.6) is 0 Å². The fourth-order valence-electron chi connectivity index (χ4n) is 2.14. The van der Waals surface area contributed by atoms with Crippen LogP contribution in [0.15, 0.2) is 0 Å². The fraction of sp³-hybridized carbons (Fsp3) is 0.923. The molecule has 0 amide bonds. The first-order valence-corrected chi connectivity index (χ1v) is 6.39. The van der Waals surface area contributed by atoms with Crippen molar-refractivity contribution in [2.75, 3.05) is 13.7 Å². The highest BCUT2D eigenvalue weighted by molar-refractivity contribution is 5.81. The summed E-state index contributed by atoms with van der Waals surface area (Å²) in [6.07, 6.45) is 3.09. The van der Waals surface area contributed by atoms with Gasteiger partial charge in [0.25, 0.3) is 0 Å². The van der Waals surface area contributed by atoms with Gasteiger partial charge in [-0.25, -0.2) is 4.79 Å². The summed E-state index contributed by atoms with van der Waals surface area (Å²) >= 11 is 0. The molecule has 0 heterocycles. The van der Waals surface area contributed by atoms with Gasteiger partial charge in [-0.15, -0.1) is 0 Å². The van der Waals surface area contributed by atoms with Crippen LogP contribution in [0.1, 0.15) is 40.0 Å². The molecule has 0 aromatic rings. The molecule has 0 spiro atoms. The molecular weight excluding hydrogens is 218 g/mol. The first-order chi connectivity index (χ1) is 7.90. The number of methoxy groups -OCH3 is 1. The van der Waals surface area contributed by atoms with Gasteiger partial charge in [0.2, 0.25) is 0 Å². The molecule has 0 bridgehead atoms. The van der Waals surface area contributed by atoms with Crippen LogP contribution in [0.2, 0.25) is 0 Å². The van der Waals surface area contributed by atoms with Crippen molar-refractivity contribution in [1.29, 1.82) is 0 Å². The molecule has 4 heteroatoms. The normalized spacial score (nSPS) is 21.1. The van der Waals surface area contributed by atoms with E-state index in [0.717, 1.165) is 19.3 Å². The Morgan fingerprint density at radius 3 is 2.41 bits per heavy atom. The largest absolute Gasteiger partial charge is 0.468 e. The quantitative estimate of drug-likeness (QED) is 0.692. The summed E-state index contributed by atoms with van der Waals surface area (Å²) < 4.78 is 10.5. The summed E-state index contributed by atoms with van der Waals surface area (Å²) in [6.45, 7) is 6.58. The van der Waals surface area contributed by atoms with Crippen molar-refractivity contribution in [2.45, 2.75) is 51.7 Å². The summed E-state index contributed by atoms with van der Waals surface area (Å²) in [6, 6.07) is 0. The third kappa shape index (κ3) is 3.96. The van der Waals surface area contributed by atoms with E-state index in [9.17, 15) is 4.79 Å². The Morgan fingerprint density at radius 1 is 1.41 bits per heavy atom. The highest BCUT2D eigenvalue weighted by Gasteiger charge is 2.49. The van der Waals surface area contributed by atoms with Crippen LogP contribution in [-0.2, 0) is 14.3 Å². The van der Waals surface area contributed by atoms with E-state index in [-0.39, 0.29) is 24.6 Å². The number of nitrogens with two attached hydrogens (primary N) is 1. The van der Waals surface area contributed by atoms with Crippen molar-refractivity contribution in [3.63, 3.8) is 0 Å². The minimum absolute atomic E-state index is 0.126. The Kier molecular flexibility index (Phi) is 4.95. The zero-order valence-corrected chi connectivity index (χ0v) is 11.4. The zero-order chi connectivity index (χ0) is 13.1. The van der Waals surface area contributed by atoms with E-state index in [4.69, 9.17) is 15.2 Å². The molecule has 2 N–H and O–H groups in total. The lowest BCUT2D eigenvalue weighted by Crippen LogP contribution is -2.55. The molecule has 4 nitrogen and oxygen atoms in total. The lowest BCUT2D eigenvalue weighted by atomic mass is 9.95. The summed E-state index contributed by atoms with van der Waals surface area (Å²) in [5, 5.41) is 0. The maximum absolute atomic E-state index is 11.7. The molecule has 17 heavy (non-hydrogen) atoms. The summed E-state index contributed by atoms with van der Waals surface area (Å²) in [4.78, 5) is 11.7. The van der Waals surface area contributed by atoms with Crippen LogP contribution in [0.3, 0.4) is 0 Å². The zero-order valence-electron chi connectivity index (χ0n) is 11.4. The van der Waals surface area contributed by atoms with Gasteiger partial charge in [0.15, 0.2) is 0 Å². The highest BCUT2D eigenvalue weighted by atomic mass is 16.5. The van der Waals surface area contributed by atoms with E-state index in [2.05, 4.69) is 13.8 Å². The lowest BCUT2D eigenvalue weighted by Gasteiger charge is -2.28. The number of rotatable bonds is 7. The number of carbonyl (C=O) groups excluding carboxylic acids is 1. The van der Waals surface area contributed by atoms with Crippen LogP contribution in [0.4, 0.5) is 0 Å². The number of esters is 1. The average molecular weight is 243 g/mol. The van der Waals surface area contributed by atoms with Gasteiger partial charge in [-0.3, -0.25) is 0 Å². The second-order valence-corrected chi connectivity index (χ2v) is 5.56. The first-order valence-electron chi connectivity index (χ1n) is 6.39. The minimum atomic E-state index is -0.944. The van der Waals surface area contributed by atoms with Crippen molar-refractivity contribution < 1.29 is 14.3 Å². The Hall–Kier alpha value is -0.610. The molecule has 100 valence electrons. The second-order valence-electron chi connectivity index (χ2n) is 5.56. The summed E-state index contributed by atoms with van der Waals surface area (Å²) in [5.41, 5.74) is 5.19. The predicted molar refractivity (Wildman–Crippen MR) is 66.5 cm³/mol.